The third-order valence-corrected chi connectivity index (χ3v) is 3.16. The Labute approximate surface area is 125 Å². The van der Waals surface area contributed by atoms with Gasteiger partial charge < -0.3 is 15.6 Å². The van der Waals surface area contributed by atoms with Crippen molar-refractivity contribution >= 4 is 23.5 Å². The molecule has 0 aliphatic heterocycles. The van der Waals surface area contributed by atoms with E-state index in [0.29, 0.717) is 21.9 Å². The number of carboxylic acid groups (broad SMARTS) is 1. The van der Waals surface area contributed by atoms with Gasteiger partial charge in [-0.25, -0.2) is 4.79 Å². The van der Waals surface area contributed by atoms with Crippen molar-refractivity contribution in [2.45, 2.75) is 6.61 Å². The number of primary amides is 1. The summed E-state index contributed by atoms with van der Waals surface area (Å²) in [6.45, 7) is 0.154. The summed E-state index contributed by atoms with van der Waals surface area (Å²) in [5.74, 6) is -1.16. The molecule has 2 aromatic rings. The van der Waals surface area contributed by atoms with E-state index in [-0.39, 0.29) is 12.2 Å². The van der Waals surface area contributed by atoms with Gasteiger partial charge in [-0.3, -0.25) is 4.79 Å². The zero-order valence-corrected chi connectivity index (χ0v) is 11.6. The van der Waals surface area contributed by atoms with Gasteiger partial charge in [0.2, 0.25) is 5.91 Å². The number of halogens is 1. The van der Waals surface area contributed by atoms with Crippen molar-refractivity contribution in [2.24, 2.45) is 5.73 Å². The van der Waals surface area contributed by atoms with Crippen LogP contribution in [-0.4, -0.2) is 17.0 Å². The molecule has 0 bridgehead atoms. The first-order valence-corrected chi connectivity index (χ1v) is 6.39. The average molecular weight is 306 g/mol. The predicted molar refractivity (Wildman–Crippen MR) is 77.7 cm³/mol. The molecule has 0 fully saturated rings. The van der Waals surface area contributed by atoms with Gasteiger partial charge in [-0.05, 0) is 30.3 Å². The van der Waals surface area contributed by atoms with Gasteiger partial charge in [-0.1, -0.05) is 23.7 Å². The Morgan fingerprint density at radius 2 is 1.90 bits per heavy atom. The second-order valence-electron chi connectivity index (χ2n) is 4.29. The lowest BCUT2D eigenvalue weighted by Crippen LogP contribution is -2.11. The number of hydrogen-bond acceptors (Lipinski definition) is 3. The summed E-state index contributed by atoms with van der Waals surface area (Å²) in [5.41, 5.74) is 6.28. The number of amides is 1. The molecule has 0 unspecified atom stereocenters. The maximum absolute atomic E-state index is 11.0. The summed E-state index contributed by atoms with van der Waals surface area (Å²) in [5, 5.41) is 9.26. The molecule has 3 N–H and O–H groups in total. The first-order valence-electron chi connectivity index (χ1n) is 6.02. The molecule has 2 aromatic carbocycles. The van der Waals surface area contributed by atoms with Gasteiger partial charge in [0.1, 0.15) is 12.4 Å². The van der Waals surface area contributed by atoms with Crippen LogP contribution in [0.15, 0.2) is 42.5 Å². The van der Waals surface area contributed by atoms with Crippen LogP contribution < -0.4 is 10.5 Å². The fourth-order valence-electron chi connectivity index (χ4n) is 1.70. The lowest BCUT2D eigenvalue weighted by atomic mass is 10.1. The molecular formula is C15H12ClNO4. The van der Waals surface area contributed by atoms with E-state index in [4.69, 9.17) is 27.2 Å². The number of hydrogen-bond donors (Lipinski definition) is 2. The normalized spacial score (nSPS) is 10.1. The number of nitrogens with two attached hydrogens (primary N) is 1. The van der Waals surface area contributed by atoms with Crippen molar-refractivity contribution in [3.63, 3.8) is 0 Å². The molecule has 21 heavy (non-hydrogen) atoms. The molecule has 0 aliphatic carbocycles. The van der Waals surface area contributed by atoms with Crippen LogP contribution in [0.25, 0.3) is 0 Å². The van der Waals surface area contributed by atoms with Crippen LogP contribution in [0.4, 0.5) is 0 Å². The van der Waals surface area contributed by atoms with Crippen LogP contribution in [0.3, 0.4) is 0 Å². The van der Waals surface area contributed by atoms with Crippen molar-refractivity contribution in [2.75, 3.05) is 0 Å². The lowest BCUT2D eigenvalue weighted by molar-refractivity contribution is 0.0696. The number of carbonyl (C=O) groups is 2. The smallest absolute Gasteiger partial charge is 0.335 e. The standard InChI is InChI=1S/C15H12ClNO4/c16-13-7-9(14(17)18)4-5-11(13)8-21-12-3-1-2-10(6-12)15(19)20/h1-7H,8H2,(H2,17,18)(H,19,20). The predicted octanol–water partition coefficient (Wildman–Crippen LogP) is 2.72. The summed E-state index contributed by atoms with van der Waals surface area (Å²) in [7, 11) is 0. The molecule has 0 saturated heterocycles. The molecule has 0 saturated carbocycles. The molecule has 108 valence electrons. The SMILES string of the molecule is NC(=O)c1ccc(COc2cccc(C(=O)O)c2)c(Cl)c1. The molecule has 2 rings (SSSR count). The zero-order valence-electron chi connectivity index (χ0n) is 10.9. The number of carboxylic acids is 1. The monoisotopic (exact) mass is 305 g/mol. The van der Waals surface area contributed by atoms with Crippen molar-refractivity contribution in [1.29, 1.82) is 0 Å². The van der Waals surface area contributed by atoms with E-state index in [1.165, 1.54) is 18.2 Å². The maximum Gasteiger partial charge on any atom is 0.335 e. The van der Waals surface area contributed by atoms with Gasteiger partial charge in [0, 0.05) is 16.1 Å². The van der Waals surface area contributed by atoms with Gasteiger partial charge in [-0.2, -0.15) is 0 Å². The Bertz CT molecular complexity index is 700. The number of ether oxygens (including phenoxy) is 1. The largest absolute Gasteiger partial charge is 0.489 e. The van der Waals surface area contributed by atoms with Gasteiger partial charge in [0.05, 0.1) is 5.56 Å². The highest BCUT2D eigenvalue weighted by atomic mass is 35.5. The minimum atomic E-state index is -1.02. The Hall–Kier alpha value is -2.53. The molecule has 5 nitrogen and oxygen atoms in total. The van der Waals surface area contributed by atoms with Crippen LogP contribution in [0.1, 0.15) is 26.3 Å². The number of rotatable bonds is 5. The summed E-state index contributed by atoms with van der Waals surface area (Å²) in [6.07, 6.45) is 0. The number of aromatic carboxylic acids is 1. The highest BCUT2D eigenvalue weighted by Gasteiger charge is 2.08. The molecule has 1 amide bonds. The number of benzene rings is 2. The molecule has 0 heterocycles. The van der Waals surface area contributed by atoms with Crippen LogP contribution >= 0.6 is 11.6 Å². The van der Waals surface area contributed by atoms with Crippen molar-refractivity contribution in [1.82, 2.24) is 0 Å². The Kier molecular flexibility index (Phi) is 4.45. The summed E-state index contributed by atoms with van der Waals surface area (Å²) >= 11 is 6.04. The lowest BCUT2D eigenvalue weighted by Gasteiger charge is -2.09. The summed E-state index contributed by atoms with van der Waals surface area (Å²) < 4.78 is 5.50. The molecular weight excluding hydrogens is 294 g/mol. The number of carbonyl (C=O) groups excluding carboxylic acids is 1. The first kappa shape index (κ1) is 14.9. The Balaban J connectivity index is 2.11. The van der Waals surface area contributed by atoms with Crippen LogP contribution in [-0.2, 0) is 6.61 Å². The van der Waals surface area contributed by atoms with Crippen molar-refractivity contribution in [3.05, 3.63) is 64.2 Å². The third kappa shape index (κ3) is 3.73. The maximum atomic E-state index is 11.0. The molecule has 0 atom stereocenters. The second-order valence-corrected chi connectivity index (χ2v) is 4.70. The van der Waals surface area contributed by atoms with Crippen LogP contribution in [0, 0.1) is 0 Å². The van der Waals surface area contributed by atoms with E-state index in [1.807, 2.05) is 0 Å². The highest BCUT2D eigenvalue weighted by molar-refractivity contribution is 6.31. The van der Waals surface area contributed by atoms with E-state index in [2.05, 4.69) is 0 Å². The zero-order chi connectivity index (χ0) is 15.4. The van der Waals surface area contributed by atoms with Crippen LogP contribution in [0.2, 0.25) is 5.02 Å². The quantitative estimate of drug-likeness (QED) is 0.888. The van der Waals surface area contributed by atoms with E-state index in [9.17, 15) is 9.59 Å². The van der Waals surface area contributed by atoms with Gasteiger partial charge >= 0.3 is 5.97 Å². The molecule has 0 aromatic heterocycles. The minimum absolute atomic E-state index is 0.141. The molecule has 6 heteroatoms. The minimum Gasteiger partial charge on any atom is -0.489 e. The molecule has 0 aliphatic rings. The molecule has 0 radical (unpaired) electrons. The van der Waals surface area contributed by atoms with Crippen molar-refractivity contribution in [3.8, 4) is 5.75 Å². The molecule has 0 spiro atoms. The van der Waals surface area contributed by atoms with E-state index in [0.717, 1.165) is 0 Å². The fourth-order valence-corrected chi connectivity index (χ4v) is 1.93. The average Bonchev–Trinajstić information content (AvgIpc) is 2.46. The topological polar surface area (TPSA) is 89.6 Å². The fraction of sp³-hybridized carbons (Fsp3) is 0.0667. The van der Waals surface area contributed by atoms with Crippen LogP contribution in [0.5, 0.6) is 5.75 Å². The van der Waals surface area contributed by atoms with E-state index < -0.39 is 11.9 Å². The third-order valence-electron chi connectivity index (χ3n) is 2.81. The summed E-state index contributed by atoms with van der Waals surface area (Å²) in [6, 6.07) is 10.8. The Morgan fingerprint density at radius 3 is 2.52 bits per heavy atom. The van der Waals surface area contributed by atoms with Gasteiger partial charge in [-0.15, -0.1) is 0 Å². The van der Waals surface area contributed by atoms with E-state index >= 15 is 0 Å². The van der Waals surface area contributed by atoms with E-state index in [1.54, 1.807) is 24.3 Å². The van der Waals surface area contributed by atoms with Gasteiger partial charge in [0.15, 0.2) is 0 Å². The summed E-state index contributed by atoms with van der Waals surface area (Å²) in [4.78, 5) is 21.9. The second kappa shape index (κ2) is 6.28. The van der Waals surface area contributed by atoms with Crippen molar-refractivity contribution < 1.29 is 19.4 Å². The van der Waals surface area contributed by atoms with Gasteiger partial charge in [0.25, 0.3) is 0 Å². The Morgan fingerprint density at radius 1 is 1.14 bits per heavy atom. The highest BCUT2D eigenvalue weighted by Crippen LogP contribution is 2.21. The first-order chi connectivity index (χ1) is 9.97.